The van der Waals surface area contributed by atoms with Crippen LogP contribution in [0.15, 0.2) is 5.38 Å². The molecule has 1 rings (SSSR count). The van der Waals surface area contributed by atoms with E-state index in [1.54, 1.807) is 11.3 Å². The van der Waals surface area contributed by atoms with E-state index in [-0.39, 0.29) is 6.10 Å². The van der Waals surface area contributed by atoms with Gasteiger partial charge in [-0.2, -0.15) is 0 Å². The topological polar surface area (TPSA) is 22.1 Å². The normalized spacial score (nSPS) is 13.5. The highest BCUT2D eigenvalue weighted by atomic mass is 35.5. The summed E-state index contributed by atoms with van der Waals surface area (Å²) in [5.74, 6) is 0.928. The van der Waals surface area contributed by atoms with Crippen molar-refractivity contribution in [3.8, 4) is 0 Å². The van der Waals surface area contributed by atoms with E-state index in [1.807, 2.05) is 12.3 Å². The second-order valence-electron chi connectivity index (χ2n) is 3.43. The van der Waals surface area contributed by atoms with Crippen molar-refractivity contribution in [1.29, 1.82) is 0 Å². The van der Waals surface area contributed by atoms with Crippen LogP contribution in [0.25, 0.3) is 0 Å². The lowest BCUT2D eigenvalue weighted by Crippen LogP contribution is -2.10. The molecule has 0 saturated carbocycles. The van der Waals surface area contributed by atoms with Crippen LogP contribution in [0, 0.1) is 5.92 Å². The molecule has 1 heterocycles. The molecule has 1 aromatic heterocycles. The quantitative estimate of drug-likeness (QED) is 0.725. The maximum atomic E-state index is 5.70. The molecule has 0 aliphatic carbocycles. The Labute approximate surface area is 94.3 Å². The van der Waals surface area contributed by atoms with Crippen molar-refractivity contribution in [3.63, 3.8) is 0 Å². The zero-order valence-electron chi connectivity index (χ0n) is 8.79. The van der Waals surface area contributed by atoms with E-state index < -0.39 is 0 Å². The van der Waals surface area contributed by atoms with Crippen molar-refractivity contribution in [2.45, 2.75) is 32.8 Å². The molecule has 0 N–H and O–H groups in total. The summed E-state index contributed by atoms with van der Waals surface area (Å²) in [6.45, 7) is 7.01. The number of rotatable bonds is 5. The minimum Gasteiger partial charge on any atom is -0.371 e. The van der Waals surface area contributed by atoms with Gasteiger partial charge in [0.1, 0.15) is 11.1 Å². The van der Waals surface area contributed by atoms with Gasteiger partial charge < -0.3 is 4.74 Å². The second-order valence-corrected chi connectivity index (χ2v) is 4.59. The van der Waals surface area contributed by atoms with Crippen LogP contribution in [0.4, 0.5) is 0 Å². The van der Waals surface area contributed by atoms with E-state index >= 15 is 0 Å². The van der Waals surface area contributed by atoms with E-state index in [9.17, 15) is 0 Å². The smallest absolute Gasteiger partial charge is 0.122 e. The molecule has 0 saturated heterocycles. The Morgan fingerprint density at radius 2 is 2.29 bits per heavy atom. The van der Waals surface area contributed by atoms with Crippen molar-refractivity contribution in [2.75, 3.05) is 6.61 Å². The minimum absolute atomic E-state index is 0.113. The fourth-order valence-corrected chi connectivity index (χ4v) is 2.51. The molecule has 0 amide bonds. The lowest BCUT2D eigenvalue weighted by atomic mass is 10.1. The van der Waals surface area contributed by atoms with Gasteiger partial charge in [0.25, 0.3) is 0 Å². The molecule has 1 aromatic rings. The summed E-state index contributed by atoms with van der Waals surface area (Å²) in [6, 6.07) is 0. The van der Waals surface area contributed by atoms with Gasteiger partial charge in [-0.25, -0.2) is 4.98 Å². The number of nitrogens with zero attached hydrogens (tertiary/aromatic N) is 1. The molecule has 4 heteroatoms. The SMILES string of the molecule is CCOC(c1nc(CCl)cs1)C(C)C. The average Bonchev–Trinajstić information content (AvgIpc) is 2.61. The Morgan fingerprint density at radius 3 is 2.71 bits per heavy atom. The molecule has 0 radical (unpaired) electrons. The van der Waals surface area contributed by atoms with Gasteiger partial charge in [0.05, 0.1) is 11.6 Å². The van der Waals surface area contributed by atoms with E-state index in [0.717, 1.165) is 17.3 Å². The Balaban J connectivity index is 2.76. The summed E-state index contributed by atoms with van der Waals surface area (Å²) in [5, 5.41) is 3.04. The predicted octanol–water partition coefficient (Wildman–Crippen LogP) is 3.62. The van der Waals surface area contributed by atoms with Gasteiger partial charge in [-0.15, -0.1) is 22.9 Å². The van der Waals surface area contributed by atoms with Crippen LogP contribution in [0.3, 0.4) is 0 Å². The van der Waals surface area contributed by atoms with Gasteiger partial charge in [-0.05, 0) is 12.8 Å². The maximum Gasteiger partial charge on any atom is 0.122 e. The number of thiazole rings is 1. The van der Waals surface area contributed by atoms with E-state index in [1.165, 1.54) is 0 Å². The molecular weight excluding hydrogens is 218 g/mol. The average molecular weight is 234 g/mol. The molecule has 0 aliphatic rings. The largest absolute Gasteiger partial charge is 0.371 e. The molecule has 2 nitrogen and oxygen atoms in total. The van der Waals surface area contributed by atoms with Gasteiger partial charge in [0, 0.05) is 12.0 Å². The maximum absolute atomic E-state index is 5.70. The van der Waals surface area contributed by atoms with Gasteiger partial charge in [-0.3, -0.25) is 0 Å². The zero-order valence-corrected chi connectivity index (χ0v) is 10.4. The first kappa shape index (κ1) is 12.0. The monoisotopic (exact) mass is 233 g/mol. The lowest BCUT2D eigenvalue weighted by molar-refractivity contribution is 0.0292. The Morgan fingerprint density at radius 1 is 1.57 bits per heavy atom. The van der Waals surface area contributed by atoms with Crippen LogP contribution in [0.5, 0.6) is 0 Å². The Hall–Kier alpha value is -0.120. The first-order valence-corrected chi connectivity index (χ1v) is 6.22. The molecular formula is C10H16ClNOS. The van der Waals surface area contributed by atoms with E-state index in [2.05, 4.69) is 18.8 Å². The first-order valence-electron chi connectivity index (χ1n) is 4.80. The van der Waals surface area contributed by atoms with Gasteiger partial charge in [-0.1, -0.05) is 13.8 Å². The second kappa shape index (κ2) is 5.69. The summed E-state index contributed by atoms with van der Waals surface area (Å²) in [5.41, 5.74) is 0.942. The first-order chi connectivity index (χ1) is 6.69. The summed E-state index contributed by atoms with van der Waals surface area (Å²) in [7, 11) is 0. The van der Waals surface area contributed by atoms with Gasteiger partial charge in [0.15, 0.2) is 0 Å². The highest BCUT2D eigenvalue weighted by Crippen LogP contribution is 2.28. The minimum atomic E-state index is 0.113. The summed E-state index contributed by atoms with van der Waals surface area (Å²) >= 11 is 7.33. The van der Waals surface area contributed by atoms with Crippen molar-refractivity contribution in [3.05, 3.63) is 16.1 Å². The molecule has 1 unspecified atom stereocenters. The molecule has 0 fully saturated rings. The van der Waals surface area contributed by atoms with Crippen molar-refractivity contribution >= 4 is 22.9 Å². The number of ether oxygens (including phenoxy) is 1. The molecule has 14 heavy (non-hydrogen) atoms. The molecule has 0 bridgehead atoms. The van der Waals surface area contributed by atoms with Crippen molar-refractivity contribution in [2.24, 2.45) is 5.92 Å². The van der Waals surface area contributed by atoms with Crippen LogP contribution in [0.2, 0.25) is 0 Å². The van der Waals surface area contributed by atoms with Gasteiger partial charge in [0.2, 0.25) is 0 Å². The fourth-order valence-electron chi connectivity index (χ4n) is 1.24. The number of halogens is 1. The zero-order chi connectivity index (χ0) is 10.6. The Kier molecular flexibility index (Phi) is 4.85. The van der Waals surface area contributed by atoms with E-state index in [0.29, 0.717) is 11.8 Å². The lowest BCUT2D eigenvalue weighted by Gasteiger charge is -2.17. The van der Waals surface area contributed by atoms with Crippen LogP contribution in [0.1, 0.15) is 37.6 Å². The number of alkyl halides is 1. The van der Waals surface area contributed by atoms with E-state index in [4.69, 9.17) is 16.3 Å². The van der Waals surface area contributed by atoms with Crippen LogP contribution >= 0.6 is 22.9 Å². The fraction of sp³-hybridized carbons (Fsp3) is 0.700. The predicted molar refractivity (Wildman–Crippen MR) is 60.9 cm³/mol. The number of aromatic nitrogens is 1. The summed E-state index contributed by atoms with van der Waals surface area (Å²) in [6.07, 6.45) is 0.113. The molecule has 0 aliphatic heterocycles. The summed E-state index contributed by atoms with van der Waals surface area (Å²) in [4.78, 5) is 4.43. The van der Waals surface area contributed by atoms with Crippen LogP contribution < -0.4 is 0 Å². The molecule has 0 aromatic carbocycles. The third kappa shape index (κ3) is 2.94. The standard InChI is InChI=1S/C10H16ClNOS/c1-4-13-9(7(2)3)10-12-8(5-11)6-14-10/h6-7,9H,4-5H2,1-3H3. The highest BCUT2D eigenvalue weighted by Gasteiger charge is 2.19. The molecule has 0 spiro atoms. The van der Waals surface area contributed by atoms with Crippen LogP contribution in [-0.4, -0.2) is 11.6 Å². The third-order valence-electron chi connectivity index (χ3n) is 1.90. The number of hydrogen-bond acceptors (Lipinski definition) is 3. The number of hydrogen-bond donors (Lipinski definition) is 0. The van der Waals surface area contributed by atoms with Crippen LogP contribution in [-0.2, 0) is 10.6 Å². The molecule has 1 atom stereocenters. The molecule has 80 valence electrons. The van der Waals surface area contributed by atoms with Crippen molar-refractivity contribution in [1.82, 2.24) is 4.98 Å². The van der Waals surface area contributed by atoms with Crippen molar-refractivity contribution < 1.29 is 4.74 Å². The Bertz CT molecular complexity index is 275. The third-order valence-corrected chi connectivity index (χ3v) is 3.13. The highest BCUT2D eigenvalue weighted by molar-refractivity contribution is 7.09. The summed E-state index contributed by atoms with van der Waals surface area (Å²) < 4.78 is 5.65. The van der Waals surface area contributed by atoms with Gasteiger partial charge >= 0.3 is 0 Å².